The maximum atomic E-state index is 5.66. The molecule has 0 aromatic heterocycles. The summed E-state index contributed by atoms with van der Waals surface area (Å²) in [6.07, 6.45) is 45.5. The fraction of sp³-hybridized carbons (Fsp3) is 0.855. The average Bonchev–Trinajstić information content (AvgIpc) is 3.27. The van der Waals surface area contributed by atoms with Crippen LogP contribution in [0.3, 0.4) is 0 Å². The van der Waals surface area contributed by atoms with E-state index in [2.05, 4.69) is 70.2 Å². The number of benzene rings is 1. The molecule has 2 heteroatoms. The first-order valence-corrected chi connectivity index (χ1v) is 26.1. The summed E-state index contributed by atoms with van der Waals surface area (Å²) in [5.74, 6) is 0.760. The van der Waals surface area contributed by atoms with Gasteiger partial charge >= 0.3 is 0 Å². The fourth-order valence-corrected chi connectivity index (χ4v) is 6.37. The second kappa shape index (κ2) is 69.5. The third-order valence-electron chi connectivity index (χ3n) is 9.77. The number of hydrogen-bond donors (Lipinski definition) is 0. The fourth-order valence-electron chi connectivity index (χ4n) is 6.37. The summed E-state index contributed by atoms with van der Waals surface area (Å²) in [7, 11) is 0. The number of unbranched alkanes of at least 4 members (excludes halogenated alkanes) is 23. The Balaban J connectivity index is -0.000000270. The lowest BCUT2D eigenvalue weighted by Crippen LogP contribution is -1.97. The Morgan fingerprint density at radius 3 is 1.18 bits per heavy atom. The Kier molecular flexibility index (Phi) is 79.3. The quantitative estimate of drug-likeness (QED) is 0.0493. The standard InChI is InChI=1S/C25H44O.C22H44O.4C2H6/c1-2-3-18-23-26-24-19-13-11-9-7-5-4-6-8-10-12-15-20-25-21-16-14-17-22-25;1-4-6-8-9-10-11-14-18-22(3)19-15-12-13-17-21-23-20-16-7-5-2;4*1-2/h14,16-17,21-22H,2-13,15,18-20,23-24H2,1H3;14,18,22H,4-13,15-17,19-21H2,1-3H3;4*1-2H3/b;18-14+;;;;. The van der Waals surface area contributed by atoms with Crippen LogP contribution >= 0.6 is 0 Å². The molecule has 1 unspecified atom stereocenters. The zero-order valence-electron chi connectivity index (χ0n) is 42.0. The van der Waals surface area contributed by atoms with Crippen LogP contribution in [-0.2, 0) is 15.9 Å². The summed E-state index contributed by atoms with van der Waals surface area (Å²) in [5, 5.41) is 0. The van der Waals surface area contributed by atoms with Gasteiger partial charge in [0, 0.05) is 26.4 Å². The SMILES string of the molecule is CC.CC.CC.CC.CCCCCCC/C=C/C(C)CCCCCCOCCCCC.CCCCCOCCCCCCCCCCCCCCc1ccccc1. The molecule has 0 aliphatic heterocycles. The molecule has 0 amide bonds. The highest BCUT2D eigenvalue weighted by molar-refractivity contribution is 5.14. The highest BCUT2D eigenvalue weighted by Gasteiger charge is 1.99. The zero-order chi connectivity index (χ0) is 43.6. The van der Waals surface area contributed by atoms with Crippen molar-refractivity contribution in [2.75, 3.05) is 26.4 Å². The first-order valence-electron chi connectivity index (χ1n) is 26.1. The Labute approximate surface area is 364 Å². The van der Waals surface area contributed by atoms with Crippen LogP contribution in [-0.4, -0.2) is 26.4 Å². The van der Waals surface area contributed by atoms with Crippen LogP contribution in [0.25, 0.3) is 0 Å². The lowest BCUT2D eigenvalue weighted by Gasteiger charge is -2.07. The van der Waals surface area contributed by atoms with Crippen LogP contribution in [0.4, 0.5) is 0 Å². The van der Waals surface area contributed by atoms with Crippen molar-refractivity contribution < 1.29 is 9.47 Å². The van der Waals surface area contributed by atoms with Gasteiger partial charge in [-0.3, -0.25) is 0 Å². The van der Waals surface area contributed by atoms with Gasteiger partial charge in [-0.2, -0.15) is 0 Å². The highest BCUT2D eigenvalue weighted by Crippen LogP contribution is 2.15. The topological polar surface area (TPSA) is 18.5 Å². The van der Waals surface area contributed by atoms with Crippen molar-refractivity contribution in [3.05, 3.63) is 48.0 Å². The van der Waals surface area contributed by atoms with E-state index < -0.39 is 0 Å². The number of aryl methyl sites for hydroxylation is 1. The molecular weight excluding hydrogens is 693 g/mol. The summed E-state index contributed by atoms with van der Waals surface area (Å²) < 4.78 is 11.3. The van der Waals surface area contributed by atoms with Gasteiger partial charge in [-0.1, -0.05) is 260 Å². The first-order chi connectivity index (χ1) is 28.2. The van der Waals surface area contributed by atoms with E-state index in [9.17, 15) is 0 Å². The smallest absolute Gasteiger partial charge is 0.0466 e. The van der Waals surface area contributed by atoms with E-state index in [1.807, 2.05) is 55.4 Å². The molecule has 0 saturated heterocycles. The Morgan fingerprint density at radius 2 is 0.737 bits per heavy atom. The van der Waals surface area contributed by atoms with E-state index >= 15 is 0 Å². The maximum Gasteiger partial charge on any atom is 0.0466 e. The van der Waals surface area contributed by atoms with Gasteiger partial charge in [0.25, 0.3) is 0 Å². The van der Waals surface area contributed by atoms with Crippen molar-refractivity contribution in [2.24, 2.45) is 5.92 Å². The number of hydrogen-bond acceptors (Lipinski definition) is 2. The van der Waals surface area contributed by atoms with Crippen molar-refractivity contribution in [2.45, 2.75) is 276 Å². The van der Waals surface area contributed by atoms with Crippen LogP contribution in [0.2, 0.25) is 0 Å². The summed E-state index contributed by atoms with van der Waals surface area (Å²) in [6.45, 7) is 29.0. The summed E-state index contributed by atoms with van der Waals surface area (Å²) in [4.78, 5) is 0. The first kappa shape index (κ1) is 65.0. The van der Waals surface area contributed by atoms with Crippen molar-refractivity contribution in [3.8, 4) is 0 Å². The van der Waals surface area contributed by atoms with Crippen molar-refractivity contribution >= 4 is 0 Å². The largest absolute Gasteiger partial charge is 0.381 e. The minimum Gasteiger partial charge on any atom is -0.381 e. The number of rotatable bonds is 37. The van der Waals surface area contributed by atoms with Crippen LogP contribution in [0.15, 0.2) is 42.5 Å². The molecule has 2 nitrogen and oxygen atoms in total. The lowest BCUT2D eigenvalue weighted by molar-refractivity contribution is 0.126. The van der Waals surface area contributed by atoms with Gasteiger partial charge in [0.05, 0.1) is 0 Å². The molecule has 1 aromatic carbocycles. The Hall–Kier alpha value is -1.12. The van der Waals surface area contributed by atoms with Gasteiger partial charge in [0.2, 0.25) is 0 Å². The minimum absolute atomic E-state index is 0.760. The van der Waals surface area contributed by atoms with Gasteiger partial charge in [-0.15, -0.1) is 0 Å². The van der Waals surface area contributed by atoms with Crippen molar-refractivity contribution in [1.82, 2.24) is 0 Å². The summed E-state index contributed by atoms with van der Waals surface area (Å²) in [5.41, 5.74) is 1.50. The molecule has 0 bridgehead atoms. The zero-order valence-corrected chi connectivity index (χ0v) is 42.0. The monoisotopic (exact) mass is 805 g/mol. The Bertz CT molecular complexity index is 729. The molecule has 0 spiro atoms. The molecule has 1 atom stereocenters. The predicted octanol–water partition coefficient (Wildman–Crippen LogP) is 19.9. The molecule has 0 radical (unpaired) electrons. The average molecular weight is 805 g/mol. The molecule has 57 heavy (non-hydrogen) atoms. The minimum atomic E-state index is 0.760. The second-order valence-electron chi connectivity index (χ2n) is 14.9. The molecule has 344 valence electrons. The van der Waals surface area contributed by atoms with E-state index in [1.165, 1.54) is 198 Å². The molecular formula is C55H112O2. The molecule has 1 aromatic rings. The molecule has 1 rings (SSSR count). The van der Waals surface area contributed by atoms with Crippen molar-refractivity contribution in [1.29, 1.82) is 0 Å². The third-order valence-corrected chi connectivity index (χ3v) is 9.77. The van der Waals surface area contributed by atoms with Gasteiger partial charge < -0.3 is 9.47 Å². The van der Waals surface area contributed by atoms with E-state index in [-0.39, 0.29) is 0 Å². The predicted molar refractivity (Wildman–Crippen MR) is 266 cm³/mol. The molecule has 0 saturated carbocycles. The van der Waals surface area contributed by atoms with Crippen LogP contribution in [0.5, 0.6) is 0 Å². The van der Waals surface area contributed by atoms with E-state index in [4.69, 9.17) is 9.47 Å². The van der Waals surface area contributed by atoms with E-state index in [0.717, 1.165) is 32.3 Å². The lowest BCUT2D eigenvalue weighted by atomic mass is 10.0. The van der Waals surface area contributed by atoms with Crippen LogP contribution in [0.1, 0.15) is 275 Å². The van der Waals surface area contributed by atoms with Gasteiger partial charge in [-0.25, -0.2) is 0 Å². The normalized spacial score (nSPS) is 10.7. The molecule has 0 heterocycles. The van der Waals surface area contributed by atoms with E-state index in [1.54, 1.807) is 0 Å². The Morgan fingerprint density at radius 1 is 0.404 bits per heavy atom. The molecule has 0 aliphatic carbocycles. The molecule has 0 aliphatic rings. The van der Waals surface area contributed by atoms with Crippen LogP contribution < -0.4 is 0 Å². The van der Waals surface area contributed by atoms with Crippen LogP contribution in [0, 0.1) is 5.92 Å². The molecule has 0 fully saturated rings. The third kappa shape index (κ3) is 66.9. The number of ether oxygens (including phenoxy) is 2. The number of allylic oxidation sites excluding steroid dienone is 2. The van der Waals surface area contributed by atoms with Gasteiger partial charge in [0.1, 0.15) is 0 Å². The van der Waals surface area contributed by atoms with Crippen molar-refractivity contribution in [3.63, 3.8) is 0 Å². The van der Waals surface area contributed by atoms with Gasteiger partial charge in [0.15, 0.2) is 0 Å². The maximum absolute atomic E-state index is 5.66. The molecule has 0 N–H and O–H groups in total. The summed E-state index contributed by atoms with van der Waals surface area (Å²) in [6, 6.07) is 10.9. The second-order valence-corrected chi connectivity index (χ2v) is 14.9. The van der Waals surface area contributed by atoms with Gasteiger partial charge in [-0.05, 0) is 69.3 Å². The summed E-state index contributed by atoms with van der Waals surface area (Å²) >= 11 is 0. The van der Waals surface area contributed by atoms with E-state index in [0.29, 0.717) is 0 Å². The highest BCUT2D eigenvalue weighted by atomic mass is 16.5.